The van der Waals surface area contributed by atoms with Crippen molar-refractivity contribution in [3.05, 3.63) is 26.6 Å². The first-order valence-corrected chi connectivity index (χ1v) is 7.69. The average molecular weight is 396 g/mol. The monoisotopic (exact) mass is 394 g/mol. The van der Waals surface area contributed by atoms with Crippen molar-refractivity contribution < 1.29 is 9.84 Å². The third kappa shape index (κ3) is 5.39. The zero-order valence-electron chi connectivity index (χ0n) is 11.2. The van der Waals surface area contributed by atoms with Crippen molar-refractivity contribution in [1.29, 1.82) is 0 Å². The third-order valence-electron chi connectivity index (χ3n) is 2.62. The molecule has 108 valence electrons. The number of nitrogens with zero attached hydrogens (tertiary/aromatic N) is 1. The molecule has 0 amide bonds. The molecular weight excluding hydrogens is 376 g/mol. The molecule has 0 aliphatic carbocycles. The normalized spacial score (nSPS) is 12.8. The summed E-state index contributed by atoms with van der Waals surface area (Å²) in [6.45, 7) is 1.83. The van der Waals surface area contributed by atoms with E-state index >= 15 is 0 Å². The highest BCUT2D eigenvalue weighted by molar-refractivity contribution is 9.11. The van der Waals surface area contributed by atoms with Crippen molar-refractivity contribution >= 4 is 31.9 Å². The summed E-state index contributed by atoms with van der Waals surface area (Å²) in [7, 11) is 4.07. The highest BCUT2D eigenvalue weighted by Gasteiger charge is 2.13. The number of aliphatic hydroxyl groups excluding tert-OH is 1. The van der Waals surface area contributed by atoms with Crippen LogP contribution in [0, 0.1) is 0 Å². The Labute approximate surface area is 131 Å². The quantitative estimate of drug-likeness (QED) is 0.696. The molecule has 1 atom stereocenters. The first-order chi connectivity index (χ1) is 8.95. The van der Waals surface area contributed by atoms with E-state index in [1.165, 1.54) is 0 Å². The lowest BCUT2D eigenvalue weighted by molar-refractivity contribution is 0.186. The Morgan fingerprint density at radius 1 is 1.32 bits per heavy atom. The molecule has 0 bridgehead atoms. The Morgan fingerprint density at radius 2 is 1.89 bits per heavy atom. The number of halogens is 2. The van der Waals surface area contributed by atoms with Crippen LogP contribution in [0.4, 0.5) is 0 Å². The molecule has 1 rings (SSSR count). The molecule has 0 fully saturated rings. The number of rotatable bonds is 7. The lowest BCUT2D eigenvalue weighted by Gasteiger charge is -2.15. The first-order valence-electron chi connectivity index (χ1n) is 6.10. The molecule has 0 aliphatic rings. The van der Waals surface area contributed by atoms with Crippen molar-refractivity contribution in [3.63, 3.8) is 0 Å². The van der Waals surface area contributed by atoms with Crippen LogP contribution in [0.2, 0.25) is 0 Å². The number of benzene rings is 1. The smallest absolute Gasteiger partial charge is 0.147 e. The van der Waals surface area contributed by atoms with Gasteiger partial charge in [-0.15, -0.1) is 0 Å². The topological polar surface area (TPSA) is 58.7 Å². The number of hydrogen-bond acceptors (Lipinski definition) is 4. The number of nitrogens with two attached hydrogens (primary N) is 1. The Balaban J connectivity index is 2.69. The molecule has 0 heterocycles. The molecule has 0 saturated heterocycles. The molecule has 0 spiro atoms. The van der Waals surface area contributed by atoms with Crippen LogP contribution in [0.1, 0.15) is 18.1 Å². The molecule has 4 nitrogen and oxygen atoms in total. The molecule has 1 aromatic carbocycles. The molecule has 3 N–H and O–H groups in total. The van der Waals surface area contributed by atoms with E-state index in [1.807, 2.05) is 26.2 Å². The van der Waals surface area contributed by atoms with Gasteiger partial charge in [0.05, 0.1) is 21.7 Å². The fourth-order valence-corrected chi connectivity index (χ4v) is 3.05. The molecule has 0 saturated carbocycles. The van der Waals surface area contributed by atoms with Gasteiger partial charge in [0.25, 0.3) is 0 Å². The van der Waals surface area contributed by atoms with E-state index < -0.39 is 6.10 Å². The van der Waals surface area contributed by atoms with Crippen LogP contribution in [0.25, 0.3) is 0 Å². The second kappa shape index (κ2) is 8.21. The second-order valence-corrected chi connectivity index (χ2v) is 6.28. The molecule has 6 heteroatoms. The van der Waals surface area contributed by atoms with Gasteiger partial charge in [0.1, 0.15) is 5.75 Å². The van der Waals surface area contributed by atoms with E-state index in [9.17, 15) is 5.11 Å². The predicted molar refractivity (Wildman–Crippen MR) is 84.5 cm³/mol. The summed E-state index contributed by atoms with van der Waals surface area (Å²) < 4.78 is 7.38. The SMILES string of the molecule is CN(C)CCCOc1c(Br)cc(C(O)CN)cc1Br. The standard InChI is InChI=1S/C13H20Br2N2O2/c1-17(2)4-3-5-19-13-10(14)6-9(7-11(13)15)12(18)8-16/h6-7,12,18H,3-5,8,16H2,1-2H3. The highest BCUT2D eigenvalue weighted by Crippen LogP contribution is 2.36. The minimum Gasteiger partial charge on any atom is -0.491 e. The van der Waals surface area contributed by atoms with Gasteiger partial charge in [-0.1, -0.05) is 0 Å². The van der Waals surface area contributed by atoms with E-state index in [2.05, 4.69) is 36.8 Å². The van der Waals surface area contributed by atoms with Crippen molar-refractivity contribution in [2.75, 3.05) is 33.8 Å². The fraction of sp³-hybridized carbons (Fsp3) is 0.538. The summed E-state index contributed by atoms with van der Waals surface area (Å²) in [5.41, 5.74) is 6.22. The van der Waals surface area contributed by atoms with E-state index in [1.54, 1.807) is 0 Å². The Morgan fingerprint density at radius 3 is 2.37 bits per heavy atom. The van der Waals surface area contributed by atoms with Gasteiger partial charge in [0.15, 0.2) is 0 Å². The fourth-order valence-electron chi connectivity index (χ4n) is 1.60. The van der Waals surface area contributed by atoms with Crippen LogP contribution in [0.3, 0.4) is 0 Å². The minimum absolute atomic E-state index is 0.196. The molecule has 1 aromatic rings. The van der Waals surface area contributed by atoms with Crippen LogP contribution in [0.5, 0.6) is 5.75 Å². The summed E-state index contributed by atoms with van der Waals surface area (Å²) in [5.74, 6) is 0.756. The molecule has 0 radical (unpaired) electrons. The Hall–Kier alpha value is -0.140. The van der Waals surface area contributed by atoms with Gasteiger partial charge in [-0.25, -0.2) is 0 Å². The van der Waals surface area contributed by atoms with Crippen LogP contribution in [0.15, 0.2) is 21.1 Å². The van der Waals surface area contributed by atoms with Crippen LogP contribution in [-0.2, 0) is 0 Å². The summed E-state index contributed by atoms with van der Waals surface area (Å²) in [6, 6.07) is 3.67. The first kappa shape index (κ1) is 16.9. The average Bonchev–Trinajstić information content (AvgIpc) is 2.35. The van der Waals surface area contributed by atoms with E-state index in [0.717, 1.165) is 33.2 Å². The maximum absolute atomic E-state index is 9.73. The van der Waals surface area contributed by atoms with Gasteiger partial charge >= 0.3 is 0 Å². The maximum Gasteiger partial charge on any atom is 0.147 e. The van der Waals surface area contributed by atoms with Crippen LogP contribution < -0.4 is 10.5 Å². The minimum atomic E-state index is -0.657. The molecule has 0 aromatic heterocycles. The van der Waals surface area contributed by atoms with Gasteiger partial charge in [-0.05, 0) is 70.1 Å². The van der Waals surface area contributed by atoms with Crippen LogP contribution in [-0.4, -0.2) is 43.8 Å². The third-order valence-corrected chi connectivity index (χ3v) is 3.80. The van der Waals surface area contributed by atoms with Gasteiger partial charge in [0, 0.05) is 13.1 Å². The molecule has 19 heavy (non-hydrogen) atoms. The summed E-state index contributed by atoms with van der Waals surface area (Å²) in [5, 5.41) is 9.73. The lowest BCUT2D eigenvalue weighted by atomic mass is 10.1. The highest BCUT2D eigenvalue weighted by atomic mass is 79.9. The van der Waals surface area contributed by atoms with E-state index in [0.29, 0.717) is 6.61 Å². The maximum atomic E-state index is 9.73. The number of ether oxygens (including phenoxy) is 1. The van der Waals surface area contributed by atoms with Crippen molar-refractivity contribution in [3.8, 4) is 5.75 Å². The van der Waals surface area contributed by atoms with Gasteiger partial charge < -0.3 is 20.5 Å². The summed E-state index contributed by atoms with van der Waals surface area (Å²) >= 11 is 6.92. The molecule has 1 unspecified atom stereocenters. The van der Waals surface area contributed by atoms with Crippen molar-refractivity contribution in [2.45, 2.75) is 12.5 Å². The van der Waals surface area contributed by atoms with Crippen LogP contribution >= 0.6 is 31.9 Å². The zero-order valence-corrected chi connectivity index (χ0v) is 14.4. The van der Waals surface area contributed by atoms with Gasteiger partial charge in [0.2, 0.25) is 0 Å². The van der Waals surface area contributed by atoms with Crippen molar-refractivity contribution in [1.82, 2.24) is 4.90 Å². The molecular formula is C13H20Br2N2O2. The van der Waals surface area contributed by atoms with Crippen molar-refractivity contribution in [2.24, 2.45) is 5.73 Å². The number of aliphatic hydroxyl groups is 1. The van der Waals surface area contributed by atoms with Gasteiger partial charge in [-0.2, -0.15) is 0 Å². The summed E-state index contributed by atoms with van der Waals surface area (Å²) in [6.07, 6.45) is 0.300. The largest absolute Gasteiger partial charge is 0.491 e. The Bertz CT molecular complexity index is 391. The lowest BCUT2D eigenvalue weighted by Crippen LogP contribution is -2.16. The second-order valence-electron chi connectivity index (χ2n) is 4.57. The Kier molecular flexibility index (Phi) is 7.31. The zero-order chi connectivity index (χ0) is 14.4. The summed E-state index contributed by atoms with van der Waals surface area (Å²) in [4.78, 5) is 2.12. The number of hydrogen-bond donors (Lipinski definition) is 2. The van der Waals surface area contributed by atoms with Gasteiger partial charge in [-0.3, -0.25) is 0 Å². The molecule has 0 aliphatic heterocycles. The predicted octanol–water partition coefficient (Wildman–Crippen LogP) is 2.53. The van der Waals surface area contributed by atoms with E-state index in [-0.39, 0.29) is 6.54 Å². The van der Waals surface area contributed by atoms with E-state index in [4.69, 9.17) is 10.5 Å².